The molecule has 7 rings (SSSR count). The second-order valence-corrected chi connectivity index (χ2v) is 21.2. The summed E-state index contributed by atoms with van der Waals surface area (Å²) >= 11 is 0. The average molecular weight is 827 g/mol. The molecule has 1 aromatic carbocycles. The first-order valence-corrected chi connectivity index (χ1v) is 21.2. The first-order chi connectivity index (χ1) is 27.1. The minimum atomic E-state index is -1.36. The Morgan fingerprint density at radius 2 is 1.54 bits per heavy atom. The number of carbonyl (C=O) groups excluding carboxylic acids is 4. The molecule has 2 saturated heterocycles. The van der Waals surface area contributed by atoms with Gasteiger partial charge in [0, 0.05) is 38.5 Å². The standard InChI is InChI=1S/C43H67BN4O11/c1-38(2,3)55-34(49)32-29(53-25-21-48(22-25)23-42(12,35(50)46-17-16-45)47-36(51)56-39(4,5)6)15-14-26(33(32)54-37(52)57-40(7,8)9)27-20-28(27)44-58-31-19-24-18-30(41(24,10)11)43(31,13)59-44/h14-15,24-25,27-28,30-31H,16-23,45H2,1-13H3,(H,46,50)(H,47,51)/t24-,27?,28?,30-,31?,42?,43-/m0/s1. The van der Waals surface area contributed by atoms with Gasteiger partial charge in [0.2, 0.25) is 5.91 Å². The van der Waals surface area contributed by atoms with E-state index in [2.05, 4.69) is 31.4 Å². The second-order valence-electron chi connectivity index (χ2n) is 21.2. The van der Waals surface area contributed by atoms with Crippen LogP contribution in [0.1, 0.15) is 131 Å². The summed E-state index contributed by atoms with van der Waals surface area (Å²) in [5, 5.41) is 5.52. The van der Waals surface area contributed by atoms with E-state index < -0.39 is 59.7 Å². The quantitative estimate of drug-likeness (QED) is 0.0971. The third-order valence-corrected chi connectivity index (χ3v) is 12.4. The highest BCUT2D eigenvalue weighted by atomic mass is 16.7. The SMILES string of the molecule is CC(C)(C)OC(=O)NC(C)(CN1CC(Oc2ccc(C3CC3B3OC4C[C@@H]5C[C@@H](C5(C)C)[C@]4(C)O3)c(OC(=O)OC(C)(C)C)c2C(=O)OC(C)(C)C)C1)C(=O)NCCN. The van der Waals surface area contributed by atoms with Crippen LogP contribution < -0.4 is 25.8 Å². The fraction of sp³-hybridized carbons (Fsp3) is 0.767. The number of benzene rings is 1. The average Bonchev–Trinajstić information content (AvgIpc) is 3.76. The zero-order valence-electron chi connectivity index (χ0n) is 37.4. The van der Waals surface area contributed by atoms with Crippen LogP contribution in [0, 0.1) is 17.3 Å². The summed E-state index contributed by atoms with van der Waals surface area (Å²) in [7, 11) is -0.436. The Morgan fingerprint density at radius 1 is 0.898 bits per heavy atom. The first kappa shape index (κ1) is 44.9. The molecular weight excluding hydrogens is 759 g/mol. The highest BCUT2D eigenvalue weighted by molar-refractivity contribution is 6.49. The van der Waals surface area contributed by atoms with Crippen LogP contribution in [0.5, 0.6) is 11.5 Å². The topological polar surface area (TPSA) is 186 Å². The molecule has 0 radical (unpaired) electrons. The van der Waals surface area contributed by atoms with E-state index in [1.165, 1.54) is 0 Å². The predicted molar refractivity (Wildman–Crippen MR) is 220 cm³/mol. The van der Waals surface area contributed by atoms with E-state index in [9.17, 15) is 19.2 Å². The molecule has 328 valence electrons. The van der Waals surface area contributed by atoms with Crippen LogP contribution in [0.2, 0.25) is 5.82 Å². The van der Waals surface area contributed by atoms with Crippen LogP contribution in [0.25, 0.3) is 0 Å². The summed E-state index contributed by atoms with van der Waals surface area (Å²) < 4.78 is 43.0. The summed E-state index contributed by atoms with van der Waals surface area (Å²) in [5.74, 6) is -0.0817. The number of nitrogens with two attached hydrogens (primary N) is 1. The van der Waals surface area contributed by atoms with Crippen molar-refractivity contribution in [2.75, 3.05) is 32.7 Å². The van der Waals surface area contributed by atoms with Crippen molar-refractivity contribution in [3.63, 3.8) is 0 Å². The van der Waals surface area contributed by atoms with Crippen molar-refractivity contribution in [2.24, 2.45) is 23.0 Å². The molecule has 4 aliphatic carbocycles. The summed E-state index contributed by atoms with van der Waals surface area (Å²) in [6.45, 7) is 25.5. The molecule has 0 aromatic heterocycles. The van der Waals surface area contributed by atoms with Crippen molar-refractivity contribution in [1.29, 1.82) is 0 Å². The van der Waals surface area contributed by atoms with Crippen molar-refractivity contribution in [1.82, 2.24) is 15.5 Å². The van der Waals surface area contributed by atoms with Gasteiger partial charge in [0.15, 0.2) is 5.75 Å². The maximum absolute atomic E-state index is 14.2. The van der Waals surface area contributed by atoms with Gasteiger partial charge in [-0.15, -0.1) is 0 Å². The largest absolute Gasteiger partial charge is 0.514 e. The second kappa shape index (κ2) is 15.7. The number of hydrogen-bond acceptors (Lipinski definition) is 13. The molecule has 2 aliphatic heterocycles. The van der Waals surface area contributed by atoms with E-state index in [1.54, 1.807) is 75.3 Å². The molecule has 4 unspecified atom stereocenters. The van der Waals surface area contributed by atoms with Crippen LogP contribution >= 0.6 is 0 Å². The fourth-order valence-corrected chi connectivity index (χ4v) is 9.34. The Hall–Kier alpha value is -3.60. The van der Waals surface area contributed by atoms with Crippen molar-refractivity contribution < 1.29 is 52.2 Å². The van der Waals surface area contributed by atoms with Gasteiger partial charge >= 0.3 is 25.3 Å². The molecule has 59 heavy (non-hydrogen) atoms. The van der Waals surface area contributed by atoms with Crippen molar-refractivity contribution in [2.45, 2.75) is 161 Å². The number of likely N-dealkylation sites (tertiary alicyclic amines) is 1. The lowest BCUT2D eigenvalue weighted by atomic mass is 9.43. The molecule has 2 bridgehead atoms. The van der Waals surface area contributed by atoms with Gasteiger partial charge in [-0.3, -0.25) is 9.69 Å². The lowest BCUT2D eigenvalue weighted by Gasteiger charge is -2.64. The molecular formula is C43H67BN4O11. The maximum atomic E-state index is 14.2. The summed E-state index contributed by atoms with van der Waals surface area (Å²) in [6.07, 6.45) is 0.710. The summed E-state index contributed by atoms with van der Waals surface area (Å²) in [4.78, 5) is 55.7. The number of rotatable bonds is 12. The third-order valence-electron chi connectivity index (χ3n) is 12.4. The predicted octanol–water partition coefficient (Wildman–Crippen LogP) is 5.96. The van der Waals surface area contributed by atoms with Crippen molar-refractivity contribution >= 4 is 31.2 Å². The van der Waals surface area contributed by atoms with E-state index in [0.717, 1.165) is 12.8 Å². The number of alkyl carbamates (subject to hydrolysis) is 1. The fourth-order valence-electron chi connectivity index (χ4n) is 9.34. The van der Waals surface area contributed by atoms with Gasteiger partial charge in [0.25, 0.3) is 0 Å². The molecule has 4 saturated carbocycles. The molecule has 0 spiro atoms. The number of carbonyl (C=O) groups is 4. The van der Waals surface area contributed by atoms with Crippen LogP contribution in [0.4, 0.5) is 9.59 Å². The molecule has 1 aromatic rings. The Labute approximate surface area is 349 Å². The van der Waals surface area contributed by atoms with Crippen molar-refractivity contribution in [3.8, 4) is 11.5 Å². The zero-order chi connectivity index (χ0) is 43.7. The molecule has 6 fully saturated rings. The van der Waals surface area contributed by atoms with Crippen LogP contribution in [0.3, 0.4) is 0 Å². The first-order valence-electron chi connectivity index (χ1n) is 21.2. The summed E-state index contributed by atoms with van der Waals surface area (Å²) in [5.41, 5.74) is 2.19. The van der Waals surface area contributed by atoms with E-state index in [1.807, 2.05) is 11.0 Å². The van der Waals surface area contributed by atoms with Gasteiger partial charge in [-0.25, -0.2) is 14.4 Å². The Kier molecular flexibility index (Phi) is 12.0. The van der Waals surface area contributed by atoms with Gasteiger partial charge in [-0.2, -0.15) is 0 Å². The van der Waals surface area contributed by atoms with E-state index in [-0.39, 0.29) is 65.6 Å². The number of nitrogens with one attached hydrogen (secondary N) is 2. The monoisotopic (exact) mass is 826 g/mol. The molecule has 16 heteroatoms. The highest BCUT2D eigenvalue weighted by Crippen LogP contribution is 2.68. The van der Waals surface area contributed by atoms with Crippen LogP contribution in [0.15, 0.2) is 12.1 Å². The van der Waals surface area contributed by atoms with Crippen molar-refractivity contribution in [3.05, 3.63) is 23.3 Å². The number of ether oxygens (including phenoxy) is 5. The van der Waals surface area contributed by atoms with Gasteiger partial charge in [0.05, 0.1) is 11.7 Å². The summed E-state index contributed by atoms with van der Waals surface area (Å²) in [6, 6.07) is 3.55. The lowest BCUT2D eigenvalue weighted by Crippen LogP contribution is -2.67. The molecule has 2 heterocycles. The Morgan fingerprint density at radius 3 is 2.14 bits per heavy atom. The smallest absolute Gasteiger partial charge is 0.487 e. The number of hydrogen-bond donors (Lipinski definition) is 3. The zero-order valence-corrected chi connectivity index (χ0v) is 37.4. The number of amides is 2. The van der Waals surface area contributed by atoms with Gasteiger partial charge in [0.1, 0.15) is 39.8 Å². The number of esters is 1. The Balaban J connectivity index is 1.25. The maximum Gasteiger partial charge on any atom is 0.514 e. The third kappa shape index (κ3) is 9.81. The normalized spacial score (nSPS) is 28.5. The Bertz CT molecular complexity index is 1800. The van der Waals surface area contributed by atoms with E-state index in [0.29, 0.717) is 36.9 Å². The molecule has 4 N–H and O–H groups in total. The minimum Gasteiger partial charge on any atom is -0.487 e. The molecule has 15 nitrogen and oxygen atoms in total. The van der Waals surface area contributed by atoms with E-state index in [4.69, 9.17) is 38.7 Å². The number of nitrogens with zero attached hydrogens (tertiary/aromatic N) is 1. The highest BCUT2D eigenvalue weighted by Gasteiger charge is 2.70. The van der Waals surface area contributed by atoms with Gasteiger partial charge in [-0.05, 0) is 130 Å². The molecule has 2 amide bonds. The van der Waals surface area contributed by atoms with Gasteiger partial charge in [-0.1, -0.05) is 19.9 Å². The van der Waals surface area contributed by atoms with Crippen LogP contribution in [-0.4, -0.2) is 109 Å². The van der Waals surface area contributed by atoms with Crippen LogP contribution in [-0.2, 0) is 28.3 Å². The molecule has 7 atom stereocenters. The van der Waals surface area contributed by atoms with E-state index >= 15 is 0 Å². The van der Waals surface area contributed by atoms with Gasteiger partial charge < -0.3 is 49.4 Å². The minimum absolute atomic E-state index is 0.0180. The lowest BCUT2D eigenvalue weighted by molar-refractivity contribution is -0.199. The molecule has 6 aliphatic rings.